The highest BCUT2D eigenvalue weighted by atomic mass is 16.3. The number of unbranched alkanes of at least 4 members (excludes halogenated alkanes) is 3. The minimum absolute atomic E-state index is 0.0344. The Hall–Kier alpha value is -0.0800. The zero-order chi connectivity index (χ0) is 13.3. The van der Waals surface area contributed by atoms with Crippen LogP contribution in [-0.2, 0) is 0 Å². The number of hydrogen-bond acceptors (Lipinski definition) is 2. The van der Waals surface area contributed by atoms with E-state index >= 15 is 0 Å². The van der Waals surface area contributed by atoms with Gasteiger partial charge in [0.05, 0.1) is 6.10 Å². The topological polar surface area (TPSA) is 46.2 Å². The number of aliphatic hydroxyl groups is 1. The molecule has 2 heteroatoms. The van der Waals surface area contributed by atoms with Gasteiger partial charge in [0.15, 0.2) is 0 Å². The smallest absolute Gasteiger partial charge is 0.0608 e. The van der Waals surface area contributed by atoms with Crippen molar-refractivity contribution in [3.8, 4) is 0 Å². The van der Waals surface area contributed by atoms with E-state index in [1.54, 1.807) is 0 Å². The zero-order valence-corrected chi connectivity index (χ0v) is 12.3. The van der Waals surface area contributed by atoms with Crippen LogP contribution in [0.15, 0.2) is 0 Å². The van der Waals surface area contributed by atoms with Crippen LogP contribution in [-0.4, -0.2) is 17.8 Å². The fourth-order valence-electron chi connectivity index (χ4n) is 3.35. The van der Waals surface area contributed by atoms with Gasteiger partial charge in [-0.15, -0.1) is 0 Å². The van der Waals surface area contributed by atoms with Gasteiger partial charge in [0.1, 0.15) is 0 Å². The van der Waals surface area contributed by atoms with Gasteiger partial charge in [0.2, 0.25) is 0 Å². The Balaban J connectivity index is 2.43. The summed E-state index contributed by atoms with van der Waals surface area (Å²) in [6.45, 7) is 2.90. The van der Waals surface area contributed by atoms with Crippen molar-refractivity contribution >= 4 is 0 Å². The van der Waals surface area contributed by atoms with Crippen molar-refractivity contribution in [2.24, 2.45) is 11.1 Å². The normalized spacial score (nSPS) is 22.2. The number of aliphatic hydroxyl groups excluding tert-OH is 1. The number of nitrogens with two attached hydrogens (primary N) is 1. The molecule has 1 atom stereocenters. The molecule has 3 N–H and O–H groups in total. The molecule has 0 aromatic rings. The Bertz CT molecular complexity index is 197. The van der Waals surface area contributed by atoms with E-state index in [0.29, 0.717) is 6.54 Å². The van der Waals surface area contributed by atoms with Crippen LogP contribution in [0, 0.1) is 5.41 Å². The average Bonchev–Trinajstić information content (AvgIpc) is 2.35. The van der Waals surface area contributed by atoms with Gasteiger partial charge in [-0.2, -0.15) is 0 Å². The number of hydrogen-bond donors (Lipinski definition) is 2. The first-order valence-corrected chi connectivity index (χ1v) is 8.13. The number of rotatable bonds is 7. The Morgan fingerprint density at radius 3 is 2.17 bits per heavy atom. The molecular formula is C16H33NO. The molecule has 1 rings (SSSR count). The Morgan fingerprint density at radius 1 is 1.00 bits per heavy atom. The molecule has 0 bridgehead atoms. The lowest BCUT2D eigenvalue weighted by Crippen LogP contribution is -2.42. The molecule has 0 aliphatic heterocycles. The van der Waals surface area contributed by atoms with Gasteiger partial charge in [0.25, 0.3) is 0 Å². The lowest BCUT2D eigenvalue weighted by molar-refractivity contribution is 0.00296. The van der Waals surface area contributed by atoms with E-state index in [-0.39, 0.29) is 11.5 Å². The van der Waals surface area contributed by atoms with Crippen LogP contribution in [0.25, 0.3) is 0 Å². The molecule has 0 amide bonds. The quantitative estimate of drug-likeness (QED) is 0.675. The molecule has 18 heavy (non-hydrogen) atoms. The molecule has 1 aliphatic rings. The molecule has 0 aromatic carbocycles. The Kier molecular flexibility index (Phi) is 7.92. The molecule has 1 saturated carbocycles. The summed E-state index contributed by atoms with van der Waals surface area (Å²) in [6, 6.07) is 0. The average molecular weight is 255 g/mol. The third-order valence-corrected chi connectivity index (χ3v) is 4.79. The zero-order valence-electron chi connectivity index (χ0n) is 12.3. The van der Waals surface area contributed by atoms with Gasteiger partial charge in [-0.3, -0.25) is 0 Å². The van der Waals surface area contributed by atoms with E-state index in [4.69, 9.17) is 5.73 Å². The van der Waals surface area contributed by atoms with Crippen LogP contribution in [0.3, 0.4) is 0 Å². The highest BCUT2D eigenvalue weighted by molar-refractivity contribution is 4.88. The Labute approximate surface area is 113 Å². The maximum absolute atomic E-state index is 10.6. The highest BCUT2D eigenvalue weighted by Gasteiger charge is 2.35. The first-order chi connectivity index (χ1) is 8.75. The van der Waals surface area contributed by atoms with Crippen molar-refractivity contribution in [1.82, 2.24) is 0 Å². The van der Waals surface area contributed by atoms with Gasteiger partial charge in [-0.1, -0.05) is 64.7 Å². The second kappa shape index (κ2) is 8.92. The Morgan fingerprint density at radius 2 is 1.61 bits per heavy atom. The maximum Gasteiger partial charge on any atom is 0.0608 e. The molecule has 1 aliphatic carbocycles. The van der Waals surface area contributed by atoms with E-state index in [2.05, 4.69) is 6.92 Å². The summed E-state index contributed by atoms with van der Waals surface area (Å²) in [4.78, 5) is 0. The largest absolute Gasteiger partial charge is 0.393 e. The summed E-state index contributed by atoms with van der Waals surface area (Å²) in [5, 5.41) is 10.6. The summed E-state index contributed by atoms with van der Waals surface area (Å²) in [5.74, 6) is 0. The summed E-state index contributed by atoms with van der Waals surface area (Å²) >= 11 is 0. The predicted molar refractivity (Wildman–Crippen MR) is 78.6 cm³/mol. The van der Waals surface area contributed by atoms with E-state index in [0.717, 1.165) is 25.7 Å². The van der Waals surface area contributed by atoms with Crippen LogP contribution in [0.4, 0.5) is 0 Å². The minimum atomic E-state index is -0.169. The molecule has 0 saturated heterocycles. The monoisotopic (exact) mass is 255 g/mol. The lowest BCUT2D eigenvalue weighted by atomic mass is 9.71. The van der Waals surface area contributed by atoms with Crippen LogP contribution in [0.5, 0.6) is 0 Å². The van der Waals surface area contributed by atoms with Crippen LogP contribution >= 0.6 is 0 Å². The van der Waals surface area contributed by atoms with E-state index in [1.165, 1.54) is 51.4 Å². The SMILES string of the molecule is CCCCCCC(O)C1(CN)CCCCCCC1. The molecule has 0 spiro atoms. The highest BCUT2D eigenvalue weighted by Crippen LogP contribution is 2.38. The second-order valence-corrected chi connectivity index (χ2v) is 6.20. The molecule has 0 aromatic heterocycles. The third kappa shape index (κ3) is 4.89. The predicted octanol–water partition coefficient (Wildman–Crippen LogP) is 4.01. The summed E-state index contributed by atoms with van der Waals surface area (Å²) in [7, 11) is 0. The van der Waals surface area contributed by atoms with Crippen molar-refractivity contribution in [3.63, 3.8) is 0 Å². The third-order valence-electron chi connectivity index (χ3n) is 4.79. The standard InChI is InChI=1S/C16H33NO/c1-2-3-4-8-11-15(18)16(14-17)12-9-6-5-7-10-13-16/h15,18H,2-14,17H2,1H3. The van der Waals surface area contributed by atoms with E-state index in [1.807, 2.05) is 0 Å². The van der Waals surface area contributed by atoms with Gasteiger partial charge >= 0.3 is 0 Å². The molecular weight excluding hydrogens is 222 g/mol. The van der Waals surface area contributed by atoms with Crippen LogP contribution in [0.2, 0.25) is 0 Å². The van der Waals surface area contributed by atoms with Crippen molar-refractivity contribution in [2.75, 3.05) is 6.54 Å². The van der Waals surface area contributed by atoms with Crippen LogP contribution in [0.1, 0.15) is 84.0 Å². The lowest BCUT2D eigenvalue weighted by Gasteiger charge is -2.39. The van der Waals surface area contributed by atoms with Gasteiger partial charge in [0, 0.05) is 12.0 Å². The van der Waals surface area contributed by atoms with Crippen molar-refractivity contribution in [2.45, 2.75) is 90.1 Å². The van der Waals surface area contributed by atoms with E-state index in [9.17, 15) is 5.11 Å². The molecule has 1 fully saturated rings. The van der Waals surface area contributed by atoms with Crippen molar-refractivity contribution < 1.29 is 5.11 Å². The first-order valence-electron chi connectivity index (χ1n) is 8.13. The fraction of sp³-hybridized carbons (Fsp3) is 1.00. The van der Waals surface area contributed by atoms with Crippen molar-refractivity contribution in [3.05, 3.63) is 0 Å². The summed E-state index contributed by atoms with van der Waals surface area (Å²) in [5.41, 5.74) is 6.06. The fourth-order valence-corrected chi connectivity index (χ4v) is 3.35. The minimum Gasteiger partial charge on any atom is -0.393 e. The van der Waals surface area contributed by atoms with Crippen LogP contribution < -0.4 is 5.73 Å². The molecule has 1 unspecified atom stereocenters. The van der Waals surface area contributed by atoms with Gasteiger partial charge in [-0.25, -0.2) is 0 Å². The summed E-state index contributed by atoms with van der Waals surface area (Å²) < 4.78 is 0. The van der Waals surface area contributed by atoms with Gasteiger partial charge < -0.3 is 10.8 Å². The molecule has 0 radical (unpaired) electrons. The first kappa shape index (κ1) is 16.0. The molecule has 108 valence electrons. The molecule has 2 nitrogen and oxygen atoms in total. The molecule has 0 heterocycles. The second-order valence-electron chi connectivity index (χ2n) is 6.20. The summed E-state index contributed by atoms with van der Waals surface area (Å²) in [6.07, 6.45) is 14.6. The maximum atomic E-state index is 10.6. The van der Waals surface area contributed by atoms with E-state index < -0.39 is 0 Å². The van der Waals surface area contributed by atoms with Crippen molar-refractivity contribution in [1.29, 1.82) is 0 Å². The van der Waals surface area contributed by atoms with Gasteiger partial charge in [-0.05, 0) is 19.3 Å².